The highest BCUT2D eigenvalue weighted by atomic mass is 35.5. The van der Waals surface area contributed by atoms with Crippen molar-refractivity contribution in [2.75, 3.05) is 12.9 Å². The van der Waals surface area contributed by atoms with Crippen molar-refractivity contribution in [1.82, 2.24) is 20.2 Å². The van der Waals surface area contributed by atoms with Crippen LogP contribution in [-0.2, 0) is 4.79 Å². The van der Waals surface area contributed by atoms with Crippen molar-refractivity contribution in [3.8, 4) is 22.8 Å². The molecule has 0 aliphatic heterocycles. The Kier molecular flexibility index (Phi) is 7.39. The van der Waals surface area contributed by atoms with E-state index in [2.05, 4.69) is 20.7 Å². The lowest BCUT2D eigenvalue weighted by Gasteiger charge is -2.10. The summed E-state index contributed by atoms with van der Waals surface area (Å²) in [7, 11) is 1.60. The van der Waals surface area contributed by atoms with Gasteiger partial charge in [0.15, 0.2) is 11.0 Å². The van der Waals surface area contributed by atoms with E-state index in [9.17, 15) is 4.79 Å². The number of methoxy groups -OCH3 is 1. The number of nitrogens with one attached hydrogen (secondary N) is 1. The van der Waals surface area contributed by atoms with Gasteiger partial charge in [-0.2, -0.15) is 5.10 Å². The van der Waals surface area contributed by atoms with E-state index < -0.39 is 0 Å². The summed E-state index contributed by atoms with van der Waals surface area (Å²) < 4.78 is 7.09. The molecule has 166 valence electrons. The van der Waals surface area contributed by atoms with Crippen molar-refractivity contribution in [3.05, 3.63) is 89.4 Å². The van der Waals surface area contributed by atoms with Crippen LogP contribution in [0.2, 0.25) is 5.02 Å². The normalized spacial score (nSPS) is 11.0. The first-order valence-corrected chi connectivity index (χ1v) is 11.4. The van der Waals surface area contributed by atoms with Crippen LogP contribution in [0.15, 0.2) is 89.1 Å². The fourth-order valence-corrected chi connectivity index (χ4v) is 3.89. The van der Waals surface area contributed by atoms with Crippen molar-refractivity contribution in [3.63, 3.8) is 0 Å². The third-order valence-electron chi connectivity index (χ3n) is 4.58. The fraction of sp³-hybridized carbons (Fsp3) is 0.0833. The highest BCUT2D eigenvalue weighted by Gasteiger charge is 2.17. The van der Waals surface area contributed by atoms with Gasteiger partial charge in [-0.05, 0) is 42.0 Å². The average Bonchev–Trinajstić information content (AvgIpc) is 3.28. The number of nitrogens with zero attached hydrogens (tertiary/aromatic N) is 4. The van der Waals surface area contributed by atoms with E-state index in [-0.39, 0.29) is 11.7 Å². The van der Waals surface area contributed by atoms with Gasteiger partial charge < -0.3 is 4.74 Å². The van der Waals surface area contributed by atoms with E-state index in [0.29, 0.717) is 16.0 Å². The second-order valence-corrected chi connectivity index (χ2v) is 8.22. The molecule has 0 aliphatic rings. The molecule has 1 heterocycles. The second-order valence-electron chi connectivity index (χ2n) is 6.84. The first-order chi connectivity index (χ1) is 16.1. The maximum Gasteiger partial charge on any atom is 0.250 e. The minimum atomic E-state index is -0.258. The van der Waals surface area contributed by atoms with Crippen LogP contribution in [0.25, 0.3) is 17.1 Å². The molecule has 9 heteroatoms. The molecule has 0 saturated heterocycles. The summed E-state index contributed by atoms with van der Waals surface area (Å²) in [5.41, 5.74) is 5.12. The lowest BCUT2D eigenvalue weighted by Crippen LogP contribution is -2.20. The van der Waals surface area contributed by atoms with Crippen LogP contribution in [0.3, 0.4) is 0 Å². The van der Waals surface area contributed by atoms with Crippen molar-refractivity contribution in [2.45, 2.75) is 5.16 Å². The molecule has 0 saturated carbocycles. The summed E-state index contributed by atoms with van der Waals surface area (Å²) >= 11 is 7.34. The molecule has 1 amide bonds. The minimum absolute atomic E-state index is 0.121. The summed E-state index contributed by atoms with van der Waals surface area (Å²) in [6.07, 6.45) is 1.56. The Hall–Kier alpha value is -3.62. The van der Waals surface area contributed by atoms with Crippen molar-refractivity contribution < 1.29 is 9.53 Å². The number of halogens is 1. The number of hydrogen-bond donors (Lipinski definition) is 1. The Balaban J connectivity index is 1.48. The quantitative estimate of drug-likeness (QED) is 0.223. The maximum absolute atomic E-state index is 12.4. The molecule has 1 N–H and O–H groups in total. The molecule has 0 bridgehead atoms. The van der Waals surface area contributed by atoms with Gasteiger partial charge in [0.25, 0.3) is 5.91 Å². The number of hydrogen-bond acceptors (Lipinski definition) is 6. The first kappa shape index (κ1) is 22.6. The van der Waals surface area contributed by atoms with Crippen LogP contribution < -0.4 is 10.2 Å². The molecule has 0 aliphatic carbocycles. The highest BCUT2D eigenvalue weighted by Crippen LogP contribution is 2.28. The molecule has 7 nitrogen and oxygen atoms in total. The van der Waals surface area contributed by atoms with Gasteiger partial charge in [-0.25, -0.2) is 5.43 Å². The van der Waals surface area contributed by atoms with Gasteiger partial charge in [0.2, 0.25) is 0 Å². The largest absolute Gasteiger partial charge is 0.497 e. The topological polar surface area (TPSA) is 81.4 Å². The monoisotopic (exact) mass is 477 g/mol. The summed E-state index contributed by atoms with van der Waals surface area (Å²) in [6, 6.07) is 24.5. The zero-order chi connectivity index (χ0) is 23.0. The zero-order valence-corrected chi connectivity index (χ0v) is 19.3. The average molecular weight is 478 g/mol. The van der Waals surface area contributed by atoms with E-state index in [0.717, 1.165) is 22.6 Å². The Morgan fingerprint density at radius 3 is 2.64 bits per heavy atom. The zero-order valence-electron chi connectivity index (χ0n) is 17.7. The van der Waals surface area contributed by atoms with Crippen LogP contribution in [0, 0.1) is 0 Å². The summed E-state index contributed by atoms with van der Waals surface area (Å²) in [6.45, 7) is 0. The summed E-state index contributed by atoms with van der Waals surface area (Å²) in [5.74, 6) is 1.26. The van der Waals surface area contributed by atoms with Crippen LogP contribution in [0.1, 0.15) is 5.56 Å². The Morgan fingerprint density at radius 1 is 1.09 bits per heavy atom. The van der Waals surface area contributed by atoms with Crippen LogP contribution in [0.4, 0.5) is 0 Å². The molecular formula is C24H20ClN5O2S. The molecule has 0 radical (unpaired) electrons. The van der Waals surface area contributed by atoms with Crippen molar-refractivity contribution in [1.29, 1.82) is 0 Å². The number of ether oxygens (including phenoxy) is 1. The molecule has 4 aromatic rings. The predicted molar refractivity (Wildman–Crippen MR) is 131 cm³/mol. The lowest BCUT2D eigenvalue weighted by atomic mass is 10.2. The van der Waals surface area contributed by atoms with E-state index in [4.69, 9.17) is 16.3 Å². The second kappa shape index (κ2) is 10.8. The van der Waals surface area contributed by atoms with Gasteiger partial charge in [-0.3, -0.25) is 9.36 Å². The van der Waals surface area contributed by atoms with Crippen LogP contribution in [-0.4, -0.2) is 39.7 Å². The smallest absolute Gasteiger partial charge is 0.250 e. The maximum atomic E-state index is 12.4. The van der Waals surface area contributed by atoms with E-state index in [1.807, 2.05) is 71.3 Å². The number of carbonyl (C=O) groups is 1. The number of carbonyl (C=O) groups excluding carboxylic acids is 1. The Bertz CT molecular complexity index is 1260. The molecule has 0 spiro atoms. The molecular weight excluding hydrogens is 458 g/mol. The van der Waals surface area contributed by atoms with E-state index in [1.165, 1.54) is 11.8 Å². The van der Waals surface area contributed by atoms with Gasteiger partial charge in [-0.1, -0.05) is 65.8 Å². The van der Waals surface area contributed by atoms with Gasteiger partial charge in [0, 0.05) is 16.3 Å². The van der Waals surface area contributed by atoms with Crippen LogP contribution in [0.5, 0.6) is 5.75 Å². The Labute approximate surface area is 200 Å². The third kappa shape index (κ3) is 5.79. The predicted octanol–water partition coefficient (Wildman–Crippen LogP) is 4.84. The fourth-order valence-electron chi connectivity index (χ4n) is 3.02. The number of benzene rings is 3. The number of rotatable bonds is 8. The molecule has 0 fully saturated rings. The summed E-state index contributed by atoms with van der Waals surface area (Å²) in [4.78, 5) is 12.4. The lowest BCUT2D eigenvalue weighted by molar-refractivity contribution is -0.118. The number of hydrazone groups is 1. The van der Waals surface area contributed by atoms with Gasteiger partial charge >= 0.3 is 0 Å². The Morgan fingerprint density at radius 2 is 1.88 bits per heavy atom. The van der Waals surface area contributed by atoms with Crippen LogP contribution >= 0.6 is 23.4 Å². The van der Waals surface area contributed by atoms with Gasteiger partial charge in [0.1, 0.15) is 5.75 Å². The molecule has 0 atom stereocenters. The van der Waals surface area contributed by atoms with Crippen molar-refractivity contribution >= 4 is 35.5 Å². The van der Waals surface area contributed by atoms with E-state index >= 15 is 0 Å². The first-order valence-electron chi connectivity index (χ1n) is 9.99. The number of amides is 1. The van der Waals surface area contributed by atoms with Gasteiger partial charge in [0.05, 0.1) is 19.1 Å². The molecule has 3 aromatic carbocycles. The number of aromatic nitrogens is 3. The summed E-state index contributed by atoms with van der Waals surface area (Å²) in [5, 5.41) is 13.9. The van der Waals surface area contributed by atoms with E-state index in [1.54, 1.807) is 25.5 Å². The number of thioether (sulfide) groups is 1. The third-order valence-corrected chi connectivity index (χ3v) is 5.76. The molecule has 0 unspecified atom stereocenters. The SMILES string of the molecule is COc1cccc(C=NNC(=O)CSc2nnc(-c3ccccc3)n2-c2ccc(Cl)cc2)c1. The van der Waals surface area contributed by atoms with Crippen molar-refractivity contribution in [2.24, 2.45) is 5.10 Å². The molecule has 1 aromatic heterocycles. The minimum Gasteiger partial charge on any atom is -0.497 e. The molecule has 4 rings (SSSR count). The highest BCUT2D eigenvalue weighted by molar-refractivity contribution is 7.99. The van der Waals surface area contributed by atoms with Gasteiger partial charge in [-0.15, -0.1) is 10.2 Å². The standard InChI is InChI=1S/C24H20ClN5O2S/c1-32-21-9-5-6-17(14-21)15-26-27-22(31)16-33-24-29-28-23(18-7-3-2-4-8-18)30(24)20-12-10-19(25)11-13-20/h2-15H,16H2,1H3,(H,27,31). The molecule has 33 heavy (non-hydrogen) atoms.